The van der Waals surface area contributed by atoms with E-state index in [2.05, 4.69) is 4.98 Å². The molecule has 2 aromatic rings. The molecule has 0 N–H and O–H groups in total. The van der Waals surface area contributed by atoms with E-state index < -0.39 is 0 Å². The van der Waals surface area contributed by atoms with Crippen LogP contribution in [-0.2, 0) is 12.5 Å². The Hall–Kier alpha value is -1.26. The van der Waals surface area contributed by atoms with Gasteiger partial charge in [-0.1, -0.05) is 12.1 Å². The molecule has 0 spiro atoms. The zero-order valence-corrected chi connectivity index (χ0v) is 12.6. The second-order valence-electron chi connectivity index (χ2n) is 3.98. The van der Waals surface area contributed by atoms with E-state index >= 15 is 0 Å². The summed E-state index contributed by atoms with van der Waals surface area (Å²) in [5, 5.41) is 2.96. The van der Waals surface area contributed by atoms with Crippen LogP contribution in [0.1, 0.15) is 23.2 Å². The predicted molar refractivity (Wildman–Crippen MR) is 78.4 cm³/mol. The molecule has 1 aromatic heterocycles. The van der Waals surface area contributed by atoms with Crippen molar-refractivity contribution in [2.24, 2.45) is 0 Å². The monoisotopic (exact) mass is 297 g/mol. The Labute approximate surface area is 122 Å². The summed E-state index contributed by atoms with van der Waals surface area (Å²) in [5.74, 6) is 1.84. The van der Waals surface area contributed by atoms with Crippen LogP contribution in [0.4, 0.5) is 0 Å². The van der Waals surface area contributed by atoms with E-state index in [9.17, 15) is 0 Å². The molecule has 0 aliphatic carbocycles. The van der Waals surface area contributed by atoms with Crippen molar-refractivity contribution in [3.8, 4) is 11.5 Å². The molecule has 0 bridgehead atoms. The second-order valence-corrected chi connectivity index (χ2v) is 5.19. The van der Waals surface area contributed by atoms with E-state index in [1.807, 2.05) is 37.4 Å². The maximum atomic E-state index is 5.94. The average molecular weight is 298 g/mol. The lowest BCUT2D eigenvalue weighted by molar-refractivity contribution is 0.267. The third-order valence-electron chi connectivity index (χ3n) is 2.51. The fraction of sp³-hybridized carbons (Fsp3) is 0.357. The number of ether oxygens (including phenoxy) is 2. The van der Waals surface area contributed by atoms with E-state index in [-0.39, 0.29) is 0 Å². The Bertz CT molecular complexity index is 542. The van der Waals surface area contributed by atoms with Crippen LogP contribution < -0.4 is 9.47 Å². The first-order valence-electron chi connectivity index (χ1n) is 6.09. The quantitative estimate of drug-likeness (QED) is 0.750. The summed E-state index contributed by atoms with van der Waals surface area (Å²) in [6, 6.07) is 5.75. The van der Waals surface area contributed by atoms with Crippen LogP contribution in [-0.4, -0.2) is 11.6 Å². The molecule has 0 unspecified atom stereocenters. The minimum Gasteiger partial charge on any atom is -0.490 e. The molecule has 3 nitrogen and oxygen atoms in total. The van der Waals surface area contributed by atoms with Crippen molar-refractivity contribution in [2.75, 3.05) is 6.61 Å². The highest BCUT2D eigenvalue weighted by molar-refractivity contribution is 7.09. The SMILES string of the molecule is CCOc1cccc(CCl)c1OCc1nc(C)cs1. The Balaban J connectivity index is 2.17. The molecular weight excluding hydrogens is 282 g/mol. The molecule has 0 saturated heterocycles. The Morgan fingerprint density at radius 2 is 2.16 bits per heavy atom. The number of aryl methyl sites for hydroxylation is 1. The molecule has 0 aliphatic heterocycles. The fourth-order valence-electron chi connectivity index (χ4n) is 1.70. The van der Waals surface area contributed by atoms with E-state index in [4.69, 9.17) is 21.1 Å². The van der Waals surface area contributed by atoms with E-state index in [1.165, 1.54) is 0 Å². The van der Waals surface area contributed by atoms with Crippen molar-refractivity contribution in [2.45, 2.75) is 26.3 Å². The molecule has 0 saturated carbocycles. The summed E-state index contributed by atoms with van der Waals surface area (Å²) in [7, 11) is 0. The highest BCUT2D eigenvalue weighted by Gasteiger charge is 2.11. The van der Waals surface area contributed by atoms with Crippen molar-refractivity contribution in [3.63, 3.8) is 0 Å². The number of halogens is 1. The average Bonchev–Trinajstić information content (AvgIpc) is 2.83. The van der Waals surface area contributed by atoms with Crippen molar-refractivity contribution in [1.29, 1.82) is 0 Å². The van der Waals surface area contributed by atoms with Gasteiger partial charge in [0, 0.05) is 16.6 Å². The van der Waals surface area contributed by atoms with Gasteiger partial charge in [0.15, 0.2) is 11.5 Å². The Morgan fingerprint density at radius 1 is 1.32 bits per heavy atom. The minimum absolute atomic E-state index is 0.396. The molecule has 2 rings (SSSR count). The standard InChI is InChI=1S/C14H16ClNO2S/c1-3-17-12-6-4-5-11(7-15)14(12)18-8-13-16-10(2)9-19-13/h4-6,9H,3,7-8H2,1-2H3. The summed E-state index contributed by atoms with van der Waals surface area (Å²) in [5.41, 5.74) is 1.94. The molecule has 5 heteroatoms. The van der Waals surface area contributed by atoms with Crippen LogP contribution in [0.3, 0.4) is 0 Å². The molecule has 0 radical (unpaired) electrons. The van der Waals surface area contributed by atoms with Crippen LogP contribution in [0.2, 0.25) is 0 Å². The molecular formula is C14H16ClNO2S. The third-order valence-corrected chi connectivity index (χ3v) is 3.74. The van der Waals surface area contributed by atoms with Gasteiger partial charge in [0.05, 0.1) is 12.5 Å². The topological polar surface area (TPSA) is 31.4 Å². The van der Waals surface area contributed by atoms with Gasteiger partial charge in [-0.15, -0.1) is 22.9 Å². The zero-order valence-electron chi connectivity index (χ0n) is 11.0. The summed E-state index contributed by atoms with van der Waals surface area (Å²) >= 11 is 7.53. The smallest absolute Gasteiger partial charge is 0.166 e. The lowest BCUT2D eigenvalue weighted by Crippen LogP contribution is -2.02. The van der Waals surface area contributed by atoms with E-state index in [0.717, 1.165) is 22.0 Å². The number of para-hydroxylation sites is 1. The van der Waals surface area contributed by atoms with Gasteiger partial charge in [0.2, 0.25) is 0 Å². The largest absolute Gasteiger partial charge is 0.490 e. The first-order chi connectivity index (χ1) is 9.24. The normalized spacial score (nSPS) is 10.5. The lowest BCUT2D eigenvalue weighted by Gasteiger charge is -2.14. The fourth-order valence-corrected chi connectivity index (χ4v) is 2.60. The second kappa shape index (κ2) is 6.78. The molecule has 0 fully saturated rings. The van der Waals surface area contributed by atoms with Crippen LogP contribution >= 0.6 is 22.9 Å². The van der Waals surface area contributed by atoms with E-state index in [1.54, 1.807) is 11.3 Å². The van der Waals surface area contributed by atoms with Crippen LogP contribution in [0, 0.1) is 6.92 Å². The van der Waals surface area contributed by atoms with Crippen molar-refractivity contribution >= 4 is 22.9 Å². The van der Waals surface area contributed by atoms with Gasteiger partial charge in [0.25, 0.3) is 0 Å². The first kappa shape index (κ1) is 14.2. The lowest BCUT2D eigenvalue weighted by atomic mass is 10.2. The summed E-state index contributed by atoms with van der Waals surface area (Å²) < 4.78 is 11.4. The van der Waals surface area contributed by atoms with Gasteiger partial charge in [-0.25, -0.2) is 4.98 Å². The van der Waals surface area contributed by atoms with Crippen LogP contribution in [0.25, 0.3) is 0 Å². The summed E-state index contributed by atoms with van der Waals surface area (Å²) in [4.78, 5) is 4.38. The van der Waals surface area contributed by atoms with Crippen LogP contribution in [0.5, 0.6) is 11.5 Å². The highest BCUT2D eigenvalue weighted by Crippen LogP contribution is 2.33. The van der Waals surface area contributed by atoms with Crippen molar-refractivity contribution in [1.82, 2.24) is 4.98 Å². The maximum absolute atomic E-state index is 5.94. The summed E-state index contributed by atoms with van der Waals surface area (Å²) in [6.45, 7) is 4.95. The number of hydrogen-bond acceptors (Lipinski definition) is 4. The minimum atomic E-state index is 0.396. The van der Waals surface area contributed by atoms with Gasteiger partial charge in [-0.3, -0.25) is 0 Å². The molecule has 0 atom stereocenters. The summed E-state index contributed by atoms with van der Waals surface area (Å²) in [6.07, 6.45) is 0. The maximum Gasteiger partial charge on any atom is 0.166 e. The predicted octanol–water partition coefficient (Wildman–Crippen LogP) is 4.17. The molecule has 0 amide bonds. The molecule has 1 heterocycles. The van der Waals surface area contributed by atoms with E-state index in [0.29, 0.717) is 24.8 Å². The molecule has 102 valence electrons. The number of alkyl halides is 1. The van der Waals surface area contributed by atoms with Crippen molar-refractivity contribution < 1.29 is 9.47 Å². The number of rotatable bonds is 6. The Kier molecular flexibility index (Phi) is 5.05. The van der Waals surface area contributed by atoms with Gasteiger partial charge in [0.1, 0.15) is 11.6 Å². The molecule has 0 aliphatic rings. The highest BCUT2D eigenvalue weighted by atomic mass is 35.5. The van der Waals surface area contributed by atoms with Crippen LogP contribution in [0.15, 0.2) is 23.6 Å². The van der Waals surface area contributed by atoms with Gasteiger partial charge in [-0.2, -0.15) is 0 Å². The number of thiazole rings is 1. The van der Waals surface area contributed by atoms with Gasteiger partial charge >= 0.3 is 0 Å². The Morgan fingerprint density at radius 3 is 2.79 bits per heavy atom. The third kappa shape index (κ3) is 3.61. The number of hydrogen-bond donors (Lipinski definition) is 0. The van der Waals surface area contributed by atoms with Crippen molar-refractivity contribution in [3.05, 3.63) is 39.8 Å². The van der Waals surface area contributed by atoms with Gasteiger partial charge < -0.3 is 9.47 Å². The van der Waals surface area contributed by atoms with Gasteiger partial charge in [-0.05, 0) is 19.9 Å². The molecule has 1 aromatic carbocycles. The number of aromatic nitrogens is 1. The number of nitrogens with zero attached hydrogens (tertiary/aromatic N) is 1. The zero-order chi connectivity index (χ0) is 13.7. The molecule has 19 heavy (non-hydrogen) atoms. The first-order valence-corrected chi connectivity index (χ1v) is 7.50. The number of benzene rings is 1.